The van der Waals surface area contributed by atoms with Gasteiger partial charge in [-0.15, -0.1) is 23.5 Å². The molecule has 1 aromatic heterocycles. The van der Waals surface area contributed by atoms with Crippen LogP contribution in [0.4, 0.5) is 5.13 Å². The largest absolute Gasteiger partial charge is 0.477 e. The van der Waals surface area contributed by atoms with Crippen LogP contribution in [0.5, 0.6) is 0 Å². The standard InChI is InChI=1S/C20H24ClN5O7S3/c1-5-34-8-7-35-17-12(16(29)26(17)13(8)18(30)31)23-15(28)11(10-14(21)36-19(22)24-10)25-32-6-9(27)33-20(2,3)4/h12,17H,5-7H2,1-4H3,(H2,22,24)(H,23,28)(H,30,31)/t12?,17-/m0/s1. The third-order valence-corrected chi connectivity index (χ3v) is 8.06. The number of thioether (sulfide) groups is 2. The number of nitrogens with two attached hydrogens (primary N) is 1. The van der Waals surface area contributed by atoms with Gasteiger partial charge in [-0.1, -0.05) is 35.0 Å². The van der Waals surface area contributed by atoms with E-state index in [2.05, 4.69) is 15.5 Å². The van der Waals surface area contributed by atoms with Crippen molar-refractivity contribution in [2.75, 3.05) is 23.8 Å². The molecule has 0 radical (unpaired) electrons. The number of halogens is 1. The Kier molecular flexibility index (Phi) is 8.80. The lowest BCUT2D eigenvalue weighted by Gasteiger charge is -2.49. The molecule has 3 heterocycles. The molecule has 1 aromatic rings. The number of fused-ring (bicyclic) bond motifs is 1. The summed E-state index contributed by atoms with van der Waals surface area (Å²) in [7, 11) is 0. The van der Waals surface area contributed by atoms with E-state index in [1.807, 2.05) is 6.92 Å². The highest BCUT2D eigenvalue weighted by Crippen LogP contribution is 2.43. The molecule has 1 fully saturated rings. The van der Waals surface area contributed by atoms with E-state index in [1.54, 1.807) is 20.8 Å². The normalized spacial score (nSPS) is 20.0. The number of hydrogen-bond acceptors (Lipinski definition) is 12. The van der Waals surface area contributed by atoms with Crippen molar-refractivity contribution in [2.45, 2.75) is 44.7 Å². The Hall–Kier alpha value is -2.49. The Bertz CT molecular complexity index is 1150. The van der Waals surface area contributed by atoms with Crippen LogP contribution in [-0.4, -0.2) is 79.6 Å². The Morgan fingerprint density at radius 2 is 2.08 bits per heavy atom. The smallest absolute Gasteiger partial charge is 0.353 e. The lowest BCUT2D eigenvalue weighted by molar-refractivity contribution is -0.160. The Balaban J connectivity index is 1.79. The maximum absolute atomic E-state index is 13.1. The van der Waals surface area contributed by atoms with Gasteiger partial charge >= 0.3 is 11.9 Å². The number of amides is 2. The van der Waals surface area contributed by atoms with Crippen LogP contribution in [0, 0.1) is 0 Å². The number of nitrogens with zero attached hydrogens (tertiary/aromatic N) is 3. The van der Waals surface area contributed by atoms with Crippen LogP contribution in [0.2, 0.25) is 4.34 Å². The number of hydrogen-bond donors (Lipinski definition) is 3. The summed E-state index contributed by atoms with van der Waals surface area (Å²) in [6.45, 7) is 6.34. The van der Waals surface area contributed by atoms with Gasteiger partial charge in [-0.25, -0.2) is 14.6 Å². The first kappa shape index (κ1) is 28.1. The number of thiazole rings is 1. The van der Waals surface area contributed by atoms with Crippen molar-refractivity contribution in [1.82, 2.24) is 15.2 Å². The molecule has 4 N–H and O–H groups in total. The summed E-state index contributed by atoms with van der Waals surface area (Å²) in [5.41, 5.74) is 4.37. The zero-order chi connectivity index (χ0) is 26.8. The number of carbonyl (C=O) groups is 4. The number of anilines is 1. The third-order valence-electron chi connectivity index (χ3n) is 4.54. The van der Waals surface area contributed by atoms with Crippen LogP contribution in [0.25, 0.3) is 0 Å². The summed E-state index contributed by atoms with van der Waals surface area (Å²) < 4.78 is 5.18. The van der Waals surface area contributed by atoms with Crippen LogP contribution < -0.4 is 11.1 Å². The predicted molar refractivity (Wildman–Crippen MR) is 138 cm³/mol. The first-order valence-corrected chi connectivity index (χ1v) is 13.8. The zero-order valence-corrected chi connectivity index (χ0v) is 22.9. The minimum atomic E-state index is -1.21. The predicted octanol–water partition coefficient (Wildman–Crippen LogP) is 1.89. The minimum Gasteiger partial charge on any atom is -0.477 e. The van der Waals surface area contributed by atoms with Crippen LogP contribution in [0.1, 0.15) is 33.4 Å². The van der Waals surface area contributed by atoms with E-state index < -0.39 is 53.1 Å². The molecule has 2 atom stereocenters. The van der Waals surface area contributed by atoms with E-state index in [9.17, 15) is 24.3 Å². The fourth-order valence-corrected chi connectivity index (χ4v) is 6.59. The van der Waals surface area contributed by atoms with Gasteiger partial charge in [0, 0.05) is 10.7 Å². The number of aliphatic carboxylic acids is 1. The molecular weight excluding hydrogens is 554 g/mol. The summed E-state index contributed by atoms with van der Waals surface area (Å²) in [6.07, 6.45) is 0. The molecule has 0 aromatic carbocycles. The van der Waals surface area contributed by atoms with E-state index in [4.69, 9.17) is 26.9 Å². The van der Waals surface area contributed by atoms with Gasteiger partial charge in [0.05, 0.1) is 0 Å². The molecular formula is C20H24ClN5O7S3. The topological polar surface area (TPSA) is 174 Å². The van der Waals surface area contributed by atoms with Crippen molar-refractivity contribution in [3.8, 4) is 0 Å². The van der Waals surface area contributed by atoms with E-state index in [1.165, 1.54) is 28.4 Å². The number of β-lactam (4-membered cyclic amide) rings is 1. The number of carbonyl (C=O) groups excluding carboxylic acids is 3. The van der Waals surface area contributed by atoms with Gasteiger partial charge in [0.2, 0.25) is 6.61 Å². The highest BCUT2D eigenvalue weighted by Gasteiger charge is 2.54. The number of aromatic nitrogens is 1. The SMILES string of the molecule is CCSC1=C(C(=O)O)N2C(=O)C(NC(=O)C(=NOCC(=O)OC(C)(C)C)c3nc(N)sc3Cl)[C@@H]2SC1. The Morgan fingerprint density at radius 1 is 1.39 bits per heavy atom. The summed E-state index contributed by atoms with van der Waals surface area (Å²) in [6, 6.07) is -1.02. The number of carboxylic acid groups (broad SMARTS) is 1. The summed E-state index contributed by atoms with van der Waals surface area (Å²) >= 11 is 9.74. The molecule has 16 heteroatoms. The molecule has 36 heavy (non-hydrogen) atoms. The molecule has 12 nitrogen and oxygen atoms in total. The number of rotatable bonds is 9. The van der Waals surface area contributed by atoms with Gasteiger partial charge in [-0.3, -0.25) is 14.5 Å². The highest BCUT2D eigenvalue weighted by atomic mass is 35.5. The molecule has 0 saturated carbocycles. The maximum atomic E-state index is 13.1. The molecule has 1 saturated heterocycles. The fourth-order valence-electron chi connectivity index (χ4n) is 3.26. The van der Waals surface area contributed by atoms with Crippen LogP contribution in [0.3, 0.4) is 0 Å². The van der Waals surface area contributed by atoms with E-state index in [0.717, 1.165) is 11.3 Å². The molecule has 0 aliphatic carbocycles. The number of ether oxygens (including phenoxy) is 1. The van der Waals surface area contributed by atoms with Crippen LogP contribution >= 0.6 is 46.5 Å². The lowest BCUT2D eigenvalue weighted by atomic mass is 10.0. The average Bonchev–Trinajstić information content (AvgIpc) is 3.10. The minimum absolute atomic E-state index is 0.0493. The van der Waals surface area contributed by atoms with E-state index >= 15 is 0 Å². The van der Waals surface area contributed by atoms with Crippen molar-refractivity contribution in [3.05, 3.63) is 20.6 Å². The number of esters is 1. The maximum Gasteiger partial charge on any atom is 0.353 e. The second-order valence-electron chi connectivity index (χ2n) is 8.35. The number of nitrogens with one attached hydrogen (secondary N) is 1. The van der Waals surface area contributed by atoms with Crippen LogP contribution in [0.15, 0.2) is 15.8 Å². The quantitative estimate of drug-likeness (QED) is 0.169. The first-order valence-electron chi connectivity index (χ1n) is 10.5. The number of oxime groups is 1. The van der Waals surface area contributed by atoms with Gasteiger partial charge in [0.1, 0.15) is 32.7 Å². The highest BCUT2D eigenvalue weighted by molar-refractivity contribution is 8.06. The van der Waals surface area contributed by atoms with Crippen molar-refractivity contribution >= 4 is 81.1 Å². The molecule has 2 amide bonds. The van der Waals surface area contributed by atoms with E-state index in [-0.39, 0.29) is 20.9 Å². The van der Waals surface area contributed by atoms with Gasteiger partial charge in [0.25, 0.3) is 11.8 Å². The van der Waals surface area contributed by atoms with E-state index in [0.29, 0.717) is 16.4 Å². The fraction of sp³-hybridized carbons (Fsp3) is 0.500. The number of nitrogen functional groups attached to an aromatic ring is 1. The molecule has 0 spiro atoms. The second-order valence-corrected chi connectivity index (χ2v) is 12.4. The molecule has 1 unspecified atom stereocenters. The number of carboxylic acids is 1. The zero-order valence-electron chi connectivity index (χ0n) is 19.7. The third kappa shape index (κ3) is 6.25. The van der Waals surface area contributed by atoms with Crippen LogP contribution in [-0.2, 0) is 28.8 Å². The second kappa shape index (κ2) is 11.3. The average molecular weight is 578 g/mol. The Labute approximate surface area is 224 Å². The lowest BCUT2D eigenvalue weighted by Crippen LogP contribution is -2.71. The van der Waals surface area contributed by atoms with Crippen molar-refractivity contribution in [3.63, 3.8) is 0 Å². The van der Waals surface area contributed by atoms with Gasteiger partial charge in [-0.05, 0) is 26.5 Å². The van der Waals surface area contributed by atoms with Gasteiger partial charge < -0.3 is 25.7 Å². The Morgan fingerprint density at radius 3 is 2.64 bits per heavy atom. The molecule has 3 rings (SSSR count). The van der Waals surface area contributed by atoms with Gasteiger partial charge in [0.15, 0.2) is 10.8 Å². The summed E-state index contributed by atoms with van der Waals surface area (Å²) in [5, 5.41) is 15.4. The van der Waals surface area contributed by atoms with Crippen molar-refractivity contribution in [1.29, 1.82) is 0 Å². The monoisotopic (exact) mass is 577 g/mol. The van der Waals surface area contributed by atoms with Crippen molar-refractivity contribution < 1.29 is 33.9 Å². The first-order chi connectivity index (χ1) is 16.8. The molecule has 0 bridgehead atoms. The molecule has 2 aliphatic rings. The van der Waals surface area contributed by atoms with Crippen molar-refractivity contribution in [2.24, 2.45) is 5.16 Å². The summed E-state index contributed by atoms with van der Waals surface area (Å²) in [5.74, 6) is -2.33. The molecule has 2 aliphatic heterocycles. The van der Waals surface area contributed by atoms with Gasteiger partial charge in [-0.2, -0.15) is 0 Å². The summed E-state index contributed by atoms with van der Waals surface area (Å²) in [4.78, 5) is 60.5. The molecule has 196 valence electrons.